The van der Waals surface area contributed by atoms with Crippen LogP contribution in [0.1, 0.15) is 11.3 Å². The van der Waals surface area contributed by atoms with Crippen molar-refractivity contribution in [3.05, 3.63) is 92.9 Å². The Labute approximate surface area is 143 Å². The van der Waals surface area contributed by atoms with Gasteiger partial charge in [0.15, 0.2) is 0 Å². The van der Waals surface area contributed by atoms with Crippen LogP contribution >= 0.6 is 0 Å². The van der Waals surface area contributed by atoms with Gasteiger partial charge in [-0.3, -0.25) is 19.7 Å². The van der Waals surface area contributed by atoms with E-state index in [0.717, 1.165) is 11.3 Å². The molecule has 124 valence electrons. The molecule has 0 aliphatic rings. The molecule has 0 aliphatic carbocycles. The molecule has 0 bridgehead atoms. The van der Waals surface area contributed by atoms with E-state index in [1.807, 2.05) is 42.5 Å². The van der Waals surface area contributed by atoms with Gasteiger partial charge in [-0.2, -0.15) is 0 Å². The minimum Gasteiger partial charge on any atom is -0.308 e. The van der Waals surface area contributed by atoms with Crippen molar-refractivity contribution in [1.29, 1.82) is 0 Å². The van der Waals surface area contributed by atoms with Crippen LogP contribution in [0, 0.1) is 6.92 Å². The van der Waals surface area contributed by atoms with E-state index in [4.69, 9.17) is 0 Å². The Morgan fingerprint density at radius 3 is 2.60 bits per heavy atom. The summed E-state index contributed by atoms with van der Waals surface area (Å²) in [6, 6.07) is 14.5. The fraction of sp³-hybridized carbons (Fsp3) is 0.105. The Morgan fingerprint density at radius 1 is 1.08 bits per heavy atom. The second-order valence-corrected chi connectivity index (χ2v) is 5.89. The zero-order valence-corrected chi connectivity index (χ0v) is 13.6. The highest BCUT2D eigenvalue weighted by Gasteiger charge is 2.15. The number of rotatable bonds is 3. The molecule has 1 aromatic carbocycles. The molecule has 0 amide bonds. The number of hydrogen-bond donors (Lipinski definition) is 1. The minimum atomic E-state index is -0.168. The zero-order valence-electron chi connectivity index (χ0n) is 13.6. The summed E-state index contributed by atoms with van der Waals surface area (Å²) in [5, 5.41) is 3.55. The van der Waals surface area contributed by atoms with Crippen molar-refractivity contribution >= 4 is 10.9 Å². The lowest BCUT2D eigenvalue weighted by molar-refractivity contribution is 0.735. The molecule has 0 atom stereocenters. The van der Waals surface area contributed by atoms with Gasteiger partial charge in [0, 0.05) is 24.2 Å². The van der Waals surface area contributed by atoms with Crippen molar-refractivity contribution in [2.45, 2.75) is 13.5 Å². The zero-order chi connectivity index (χ0) is 17.4. The second kappa shape index (κ2) is 5.90. The van der Waals surface area contributed by atoms with Gasteiger partial charge in [-0.25, -0.2) is 4.68 Å². The third-order valence-corrected chi connectivity index (χ3v) is 4.30. The number of H-pyrrole nitrogens is 1. The summed E-state index contributed by atoms with van der Waals surface area (Å²) in [4.78, 5) is 29.5. The maximum Gasteiger partial charge on any atom is 0.280 e. The summed E-state index contributed by atoms with van der Waals surface area (Å²) in [6.07, 6.45) is 3.41. The molecule has 0 spiro atoms. The van der Waals surface area contributed by atoms with Gasteiger partial charge in [-0.15, -0.1) is 0 Å². The van der Waals surface area contributed by atoms with Crippen molar-refractivity contribution < 1.29 is 0 Å². The number of benzene rings is 1. The van der Waals surface area contributed by atoms with Gasteiger partial charge in [0.25, 0.3) is 11.1 Å². The predicted octanol–water partition coefficient (Wildman–Crippen LogP) is 2.23. The number of aromatic amines is 1. The number of nitrogens with one attached hydrogen (secondary N) is 1. The lowest BCUT2D eigenvalue weighted by atomic mass is 10.2. The van der Waals surface area contributed by atoms with Crippen LogP contribution in [0.2, 0.25) is 0 Å². The summed E-state index contributed by atoms with van der Waals surface area (Å²) in [6.45, 7) is 2.18. The van der Waals surface area contributed by atoms with Crippen LogP contribution < -0.4 is 11.1 Å². The van der Waals surface area contributed by atoms with Gasteiger partial charge in [0.2, 0.25) is 0 Å². The second-order valence-electron chi connectivity index (χ2n) is 5.89. The molecular weight excluding hydrogens is 316 g/mol. The number of aryl methyl sites for hydroxylation is 1. The van der Waals surface area contributed by atoms with Crippen LogP contribution in [-0.2, 0) is 6.54 Å². The van der Waals surface area contributed by atoms with E-state index in [1.165, 1.54) is 10.7 Å². The minimum absolute atomic E-state index is 0.157. The van der Waals surface area contributed by atoms with Crippen LogP contribution in [0.4, 0.5) is 0 Å². The normalized spacial score (nSPS) is 11.1. The molecule has 0 saturated carbocycles. The lowest BCUT2D eigenvalue weighted by Crippen LogP contribution is -2.23. The molecule has 0 unspecified atom stereocenters. The molecule has 0 saturated heterocycles. The van der Waals surface area contributed by atoms with Crippen LogP contribution in [0.25, 0.3) is 16.6 Å². The molecule has 3 aromatic heterocycles. The maximum atomic E-state index is 12.9. The first-order valence-electron chi connectivity index (χ1n) is 7.94. The first kappa shape index (κ1) is 15.1. The van der Waals surface area contributed by atoms with Gasteiger partial charge < -0.3 is 4.57 Å². The highest BCUT2D eigenvalue weighted by Crippen LogP contribution is 2.14. The molecule has 6 nitrogen and oxygen atoms in total. The molecule has 4 aromatic rings. The fourth-order valence-corrected chi connectivity index (χ4v) is 3.04. The fourth-order valence-electron chi connectivity index (χ4n) is 3.04. The smallest absolute Gasteiger partial charge is 0.280 e. The Balaban J connectivity index is 1.92. The van der Waals surface area contributed by atoms with E-state index in [9.17, 15) is 9.59 Å². The molecule has 0 radical (unpaired) electrons. The van der Waals surface area contributed by atoms with Crippen molar-refractivity contribution in [1.82, 2.24) is 19.3 Å². The SMILES string of the molecule is Cc1c2c(=O)n(-c3ccccc3)[nH]c2cc(=O)n1Cc1cccnc1. The van der Waals surface area contributed by atoms with Gasteiger partial charge in [-0.1, -0.05) is 24.3 Å². The van der Waals surface area contributed by atoms with Crippen LogP contribution in [0.15, 0.2) is 70.5 Å². The molecule has 1 N–H and O–H groups in total. The summed E-state index contributed by atoms with van der Waals surface area (Å²) in [5.74, 6) is 0. The number of fused-ring (bicyclic) bond motifs is 1. The topological polar surface area (TPSA) is 72.7 Å². The van der Waals surface area contributed by atoms with Crippen molar-refractivity contribution in [3.8, 4) is 5.69 Å². The maximum absolute atomic E-state index is 12.9. The van der Waals surface area contributed by atoms with E-state index in [0.29, 0.717) is 23.1 Å². The van der Waals surface area contributed by atoms with Gasteiger partial charge in [0.05, 0.1) is 23.1 Å². The highest BCUT2D eigenvalue weighted by molar-refractivity contribution is 5.80. The summed E-state index contributed by atoms with van der Waals surface area (Å²) < 4.78 is 3.06. The monoisotopic (exact) mass is 332 g/mol. The van der Waals surface area contributed by atoms with E-state index < -0.39 is 0 Å². The largest absolute Gasteiger partial charge is 0.308 e. The molecular formula is C19H16N4O2. The number of nitrogens with zero attached hydrogens (tertiary/aromatic N) is 3. The Bertz CT molecular complexity index is 1160. The van der Waals surface area contributed by atoms with E-state index in [2.05, 4.69) is 10.1 Å². The molecule has 3 heterocycles. The van der Waals surface area contributed by atoms with Gasteiger partial charge in [-0.05, 0) is 30.7 Å². The molecule has 25 heavy (non-hydrogen) atoms. The average molecular weight is 332 g/mol. The molecule has 0 aliphatic heterocycles. The van der Waals surface area contributed by atoms with Crippen LogP contribution in [0.5, 0.6) is 0 Å². The standard InChI is InChI=1S/C19H16N4O2/c1-13-18-16(21-23(19(18)25)15-7-3-2-4-8-15)10-17(24)22(13)12-14-6-5-9-20-11-14/h2-11,21H,12H2,1H3. The van der Waals surface area contributed by atoms with Crippen LogP contribution in [-0.4, -0.2) is 19.3 Å². The van der Waals surface area contributed by atoms with Gasteiger partial charge >= 0.3 is 0 Å². The number of para-hydroxylation sites is 1. The average Bonchev–Trinajstić information content (AvgIpc) is 2.96. The van der Waals surface area contributed by atoms with Crippen LogP contribution in [0.3, 0.4) is 0 Å². The molecule has 4 rings (SSSR count). The Hall–Kier alpha value is -3.41. The molecule has 6 heteroatoms. The number of hydrogen-bond acceptors (Lipinski definition) is 3. The van der Waals surface area contributed by atoms with Crippen molar-refractivity contribution in [2.24, 2.45) is 0 Å². The highest BCUT2D eigenvalue weighted by atomic mass is 16.1. The lowest BCUT2D eigenvalue weighted by Gasteiger charge is -2.09. The van der Waals surface area contributed by atoms with E-state index in [1.54, 1.807) is 23.9 Å². The first-order chi connectivity index (χ1) is 12.1. The Morgan fingerprint density at radius 2 is 1.88 bits per heavy atom. The third-order valence-electron chi connectivity index (χ3n) is 4.30. The van der Waals surface area contributed by atoms with Gasteiger partial charge in [0.1, 0.15) is 0 Å². The summed E-state index contributed by atoms with van der Waals surface area (Å²) in [7, 11) is 0. The molecule has 0 fully saturated rings. The number of pyridine rings is 2. The van der Waals surface area contributed by atoms with E-state index in [-0.39, 0.29) is 11.1 Å². The summed E-state index contributed by atoms with van der Waals surface area (Å²) in [5.41, 5.74) is 2.50. The summed E-state index contributed by atoms with van der Waals surface area (Å²) >= 11 is 0. The Kier molecular flexibility index (Phi) is 3.57. The predicted molar refractivity (Wildman–Crippen MR) is 96.2 cm³/mol. The number of aromatic nitrogens is 4. The van der Waals surface area contributed by atoms with E-state index >= 15 is 0 Å². The first-order valence-corrected chi connectivity index (χ1v) is 7.94. The van der Waals surface area contributed by atoms with Crippen molar-refractivity contribution in [2.75, 3.05) is 0 Å². The third kappa shape index (κ3) is 2.57. The van der Waals surface area contributed by atoms with Crippen molar-refractivity contribution in [3.63, 3.8) is 0 Å². The quantitative estimate of drug-likeness (QED) is 0.625.